The number of amides is 2. The van der Waals surface area contributed by atoms with E-state index in [1.807, 2.05) is 12.1 Å². The van der Waals surface area contributed by atoms with Crippen LogP contribution in [0, 0.1) is 0 Å². The zero-order valence-electron chi connectivity index (χ0n) is 11.8. The number of hydrogen-bond donors (Lipinski definition) is 1. The molecule has 5 heteroatoms. The van der Waals surface area contributed by atoms with Gasteiger partial charge in [0.2, 0.25) is 11.8 Å². The Morgan fingerprint density at radius 1 is 1.40 bits per heavy atom. The van der Waals surface area contributed by atoms with Crippen LogP contribution in [0.15, 0.2) is 16.6 Å². The molecular formula is C15H19BrN2O2. The van der Waals surface area contributed by atoms with Crippen molar-refractivity contribution in [2.24, 2.45) is 0 Å². The van der Waals surface area contributed by atoms with Crippen molar-refractivity contribution in [3.8, 4) is 0 Å². The van der Waals surface area contributed by atoms with Crippen molar-refractivity contribution in [1.29, 1.82) is 0 Å². The van der Waals surface area contributed by atoms with Crippen molar-refractivity contribution in [3.05, 3.63) is 22.2 Å². The Morgan fingerprint density at radius 3 is 2.80 bits per heavy atom. The monoisotopic (exact) mass is 338 g/mol. The summed E-state index contributed by atoms with van der Waals surface area (Å²) in [6.07, 6.45) is 3.20. The number of carbonyl (C=O) groups excluding carboxylic acids is 2. The minimum absolute atomic E-state index is 0.00236. The van der Waals surface area contributed by atoms with Crippen LogP contribution in [-0.2, 0) is 16.0 Å². The quantitative estimate of drug-likeness (QED) is 0.913. The van der Waals surface area contributed by atoms with Gasteiger partial charge in [-0.25, -0.2) is 0 Å². The van der Waals surface area contributed by atoms with Crippen LogP contribution >= 0.6 is 15.9 Å². The van der Waals surface area contributed by atoms with Gasteiger partial charge in [0.25, 0.3) is 0 Å². The third-order valence-electron chi connectivity index (χ3n) is 3.44. The van der Waals surface area contributed by atoms with Gasteiger partial charge in [-0.15, -0.1) is 0 Å². The Morgan fingerprint density at radius 2 is 2.15 bits per heavy atom. The highest BCUT2D eigenvalue weighted by molar-refractivity contribution is 9.10. The summed E-state index contributed by atoms with van der Waals surface area (Å²) in [5, 5.41) is 2.94. The fraction of sp³-hybridized carbons (Fsp3) is 0.467. The van der Waals surface area contributed by atoms with E-state index < -0.39 is 0 Å². The van der Waals surface area contributed by atoms with Gasteiger partial charge in [-0.3, -0.25) is 9.59 Å². The van der Waals surface area contributed by atoms with E-state index >= 15 is 0 Å². The number of anilines is 2. The number of fused-ring (bicyclic) bond motifs is 1. The second-order valence-electron chi connectivity index (χ2n) is 5.03. The Kier molecular flexibility index (Phi) is 4.81. The number of rotatable bonds is 4. The van der Waals surface area contributed by atoms with Crippen LogP contribution in [0.1, 0.15) is 38.7 Å². The Hall–Kier alpha value is -1.36. The van der Waals surface area contributed by atoms with Gasteiger partial charge in [0, 0.05) is 24.4 Å². The van der Waals surface area contributed by atoms with Gasteiger partial charge in [0.15, 0.2) is 0 Å². The molecule has 0 radical (unpaired) electrons. The van der Waals surface area contributed by atoms with E-state index in [-0.39, 0.29) is 11.8 Å². The lowest BCUT2D eigenvalue weighted by atomic mass is 10.1. The molecule has 0 aromatic heterocycles. The highest BCUT2D eigenvalue weighted by Crippen LogP contribution is 2.38. The SMILES string of the molecule is CCCCC(=O)Nc1cc(Br)cc2c1N(C(C)=O)CC2. The highest BCUT2D eigenvalue weighted by Gasteiger charge is 2.26. The van der Waals surface area contributed by atoms with Crippen molar-refractivity contribution in [2.75, 3.05) is 16.8 Å². The molecule has 1 N–H and O–H groups in total. The lowest BCUT2D eigenvalue weighted by molar-refractivity contribution is -0.117. The number of unbranched alkanes of at least 4 members (excludes halogenated alkanes) is 1. The third-order valence-corrected chi connectivity index (χ3v) is 3.90. The van der Waals surface area contributed by atoms with Crippen LogP contribution in [-0.4, -0.2) is 18.4 Å². The maximum Gasteiger partial charge on any atom is 0.224 e. The van der Waals surface area contributed by atoms with E-state index in [0.29, 0.717) is 13.0 Å². The second kappa shape index (κ2) is 6.39. The summed E-state index contributed by atoms with van der Waals surface area (Å²) < 4.78 is 0.924. The predicted molar refractivity (Wildman–Crippen MR) is 84.0 cm³/mol. The molecular weight excluding hydrogens is 320 g/mol. The summed E-state index contributed by atoms with van der Waals surface area (Å²) in [6, 6.07) is 3.88. The van der Waals surface area contributed by atoms with Crippen molar-refractivity contribution < 1.29 is 9.59 Å². The fourth-order valence-electron chi connectivity index (χ4n) is 2.47. The van der Waals surface area contributed by atoms with E-state index in [1.165, 1.54) is 0 Å². The molecule has 4 nitrogen and oxygen atoms in total. The number of halogens is 1. The molecule has 1 heterocycles. The summed E-state index contributed by atoms with van der Waals surface area (Å²) in [4.78, 5) is 25.4. The minimum Gasteiger partial charge on any atom is -0.324 e. The van der Waals surface area contributed by atoms with Gasteiger partial charge in [-0.2, -0.15) is 0 Å². The molecule has 1 aliphatic heterocycles. The molecule has 108 valence electrons. The minimum atomic E-state index is 0.00236. The molecule has 20 heavy (non-hydrogen) atoms. The van der Waals surface area contributed by atoms with Gasteiger partial charge in [-0.05, 0) is 30.5 Å². The molecule has 0 spiro atoms. The van der Waals surface area contributed by atoms with Crippen LogP contribution in [0.4, 0.5) is 11.4 Å². The maximum absolute atomic E-state index is 11.9. The highest BCUT2D eigenvalue weighted by atomic mass is 79.9. The van der Waals surface area contributed by atoms with Crippen molar-refractivity contribution >= 4 is 39.1 Å². The summed E-state index contributed by atoms with van der Waals surface area (Å²) >= 11 is 3.46. The molecule has 0 atom stereocenters. The molecule has 0 bridgehead atoms. The topological polar surface area (TPSA) is 49.4 Å². The summed E-state index contributed by atoms with van der Waals surface area (Å²) in [5.74, 6) is 0.0117. The van der Waals surface area contributed by atoms with Crippen LogP contribution in [0.3, 0.4) is 0 Å². The standard InChI is InChI=1S/C15H19BrN2O2/c1-3-4-5-14(20)17-13-9-12(16)8-11-6-7-18(10(2)19)15(11)13/h8-9H,3-7H2,1-2H3,(H,17,20). The Labute approximate surface area is 127 Å². The van der Waals surface area contributed by atoms with Gasteiger partial charge in [0.05, 0.1) is 11.4 Å². The molecule has 1 aromatic carbocycles. The van der Waals surface area contributed by atoms with Crippen LogP contribution < -0.4 is 10.2 Å². The average molecular weight is 339 g/mol. The molecule has 0 fully saturated rings. The van der Waals surface area contributed by atoms with Crippen molar-refractivity contribution in [1.82, 2.24) is 0 Å². The first kappa shape index (κ1) is 15.0. The van der Waals surface area contributed by atoms with Crippen molar-refractivity contribution in [2.45, 2.75) is 39.5 Å². The van der Waals surface area contributed by atoms with Crippen LogP contribution in [0.5, 0.6) is 0 Å². The van der Waals surface area contributed by atoms with Gasteiger partial charge in [0.1, 0.15) is 0 Å². The zero-order valence-corrected chi connectivity index (χ0v) is 13.4. The molecule has 1 aromatic rings. The molecule has 1 aliphatic rings. The molecule has 0 aliphatic carbocycles. The van der Waals surface area contributed by atoms with E-state index in [4.69, 9.17) is 0 Å². The normalized spacial score (nSPS) is 13.2. The number of carbonyl (C=O) groups is 2. The van der Waals surface area contributed by atoms with E-state index in [9.17, 15) is 9.59 Å². The largest absolute Gasteiger partial charge is 0.324 e. The Balaban J connectivity index is 2.29. The summed E-state index contributed by atoms with van der Waals surface area (Å²) in [7, 11) is 0. The average Bonchev–Trinajstić information content (AvgIpc) is 2.80. The third kappa shape index (κ3) is 3.20. The van der Waals surface area contributed by atoms with E-state index in [1.54, 1.807) is 11.8 Å². The number of benzene rings is 1. The van der Waals surface area contributed by atoms with Gasteiger partial charge < -0.3 is 10.2 Å². The first-order valence-corrected chi connectivity index (χ1v) is 7.72. The molecule has 0 unspecified atom stereocenters. The lowest BCUT2D eigenvalue weighted by Gasteiger charge is -2.19. The molecule has 0 saturated carbocycles. The van der Waals surface area contributed by atoms with E-state index in [0.717, 1.165) is 40.7 Å². The molecule has 0 saturated heterocycles. The van der Waals surface area contributed by atoms with Gasteiger partial charge >= 0.3 is 0 Å². The zero-order chi connectivity index (χ0) is 14.7. The molecule has 2 amide bonds. The number of nitrogens with one attached hydrogen (secondary N) is 1. The van der Waals surface area contributed by atoms with Crippen LogP contribution in [0.2, 0.25) is 0 Å². The maximum atomic E-state index is 11.9. The second-order valence-corrected chi connectivity index (χ2v) is 5.95. The van der Waals surface area contributed by atoms with E-state index in [2.05, 4.69) is 28.2 Å². The lowest BCUT2D eigenvalue weighted by Crippen LogP contribution is -2.27. The first-order valence-electron chi connectivity index (χ1n) is 6.93. The smallest absolute Gasteiger partial charge is 0.224 e. The Bertz CT molecular complexity index is 543. The fourth-order valence-corrected chi connectivity index (χ4v) is 2.97. The summed E-state index contributed by atoms with van der Waals surface area (Å²) in [6.45, 7) is 4.29. The number of hydrogen-bond acceptors (Lipinski definition) is 2. The van der Waals surface area contributed by atoms with Crippen molar-refractivity contribution in [3.63, 3.8) is 0 Å². The van der Waals surface area contributed by atoms with Gasteiger partial charge in [-0.1, -0.05) is 29.3 Å². The van der Waals surface area contributed by atoms with Crippen LogP contribution in [0.25, 0.3) is 0 Å². The number of nitrogens with zero attached hydrogens (tertiary/aromatic N) is 1. The molecule has 2 rings (SSSR count). The predicted octanol–water partition coefficient (Wildman–Crippen LogP) is 3.49. The first-order chi connectivity index (χ1) is 9.52. The summed E-state index contributed by atoms with van der Waals surface area (Å²) in [5.41, 5.74) is 2.68.